The van der Waals surface area contributed by atoms with Crippen molar-refractivity contribution < 1.29 is 19.1 Å². The van der Waals surface area contributed by atoms with Gasteiger partial charge in [-0.3, -0.25) is 4.79 Å². The summed E-state index contributed by atoms with van der Waals surface area (Å²) >= 11 is 1.32. The number of carboxylic acids is 1. The second-order valence-corrected chi connectivity index (χ2v) is 5.50. The summed E-state index contributed by atoms with van der Waals surface area (Å²) in [5.74, 6) is -0.0418. The smallest absolute Gasteiger partial charge is 0.335 e. The Bertz CT molecular complexity index is 624. The summed E-state index contributed by atoms with van der Waals surface area (Å²) in [7, 11) is 1.71. The number of furan rings is 1. The average Bonchev–Trinajstić information content (AvgIpc) is 2.97. The number of benzene rings is 1. The van der Waals surface area contributed by atoms with E-state index in [0.29, 0.717) is 6.54 Å². The Morgan fingerprint density at radius 2 is 2.10 bits per heavy atom. The first kappa shape index (κ1) is 15.2. The van der Waals surface area contributed by atoms with Gasteiger partial charge in [-0.15, -0.1) is 11.8 Å². The standard InChI is InChI=1S/C15H15NO4S/c1-16(9-12-5-3-7-20-12)14(17)10-21-13-6-2-4-11(8-13)15(18)19/h2-8H,9-10H2,1H3,(H,18,19). The van der Waals surface area contributed by atoms with Gasteiger partial charge in [-0.05, 0) is 30.3 Å². The van der Waals surface area contributed by atoms with Gasteiger partial charge in [0.1, 0.15) is 5.76 Å². The number of hydrogen-bond donors (Lipinski definition) is 1. The molecule has 0 aliphatic heterocycles. The predicted molar refractivity (Wildman–Crippen MR) is 79.3 cm³/mol. The maximum Gasteiger partial charge on any atom is 0.335 e. The molecule has 1 aromatic heterocycles. The van der Waals surface area contributed by atoms with Crippen molar-refractivity contribution in [3.63, 3.8) is 0 Å². The normalized spacial score (nSPS) is 10.3. The lowest BCUT2D eigenvalue weighted by atomic mass is 10.2. The summed E-state index contributed by atoms with van der Waals surface area (Å²) in [4.78, 5) is 25.2. The van der Waals surface area contributed by atoms with Crippen LogP contribution in [0.2, 0.25) is 0 Å². The fourth-order valence-corrected chi connectivity index (χ4v) is 2.59. The molecule has 0 saturated carbocycles. The van der Waals surface area contributed by atoms with Crippen LogP contribution < -0.4 is 0 Å². The van der Waals surface area contributed by atoms with Crippen LogP contribution in [0.5, 0.6) is 0 Å². The van der Waals surface area contributed by atoms with Crippen LogP contribution in [-0.2, 0) is 11.3 Å². The lowest BCUT2D eigenvalue weighted by Gasteiger charge is -2.15. The Labute approximate surface area is 126 Å². The van der Waals surface area contributed by atoms with Crippen molar-refractivity contribution in [2.75, 3.05) is 12.8 Å². The van der Waals surface area contributed by atoms with Crippen molar-refractivity contribution in [3.05, 3.63) is 54.0 Å². The molecule has 0 unspecified atom stereocenters. The molecule has 0 atom stereocenters. The van der Waals surface area contributed by atoms with E-state index in [1.54, 1.807) is 42.5 Å². The van der Waals surface area contributed by atoms with E-state index in [0.717, 1.165) is 10.7 Å². The first-order valence-electron chi connectivity index (χ1n) is 6.29. The molecule has 21 heavy (non-hydrogen) atoms. The molecule has 1 N–H and O–H groups in total. The van der Waals surface area contributed by atoms with Gasteiger partial charge in [0.25, 0.3) is 0 Å². The summed E-state index contributed by atoms with van der Waals surface area (Å²) in [5, 5.41) is 8.92. The Kier molecular flexibility index (Phi) is 5.05. The van der Waals surface area contributed by atoms with E-state index < -0.39 is 5.97 Å². The average molecular weight is 305 g/mol. The molecule has 0 aliphatic rings. The molecule has 2 rings (SSSR count). The van der Waals surface area contributed by atoms with Crippen LogP contribution in [0, 0.1) is 0 Å². The Morgan fingerprint density at radius 1 is 1.29 bits per heavy atom. The minimum Gasteiger partial charge on any atom is -0.478 e. The van der Waals surface area contributed by atoms with Gasteiger partial charge in [-0.2, -0.15) is 0 Å². The molecule has 0 radical (unpaired) electrons. The van der Waals surface area contributed by atoms with Gasteiger partial charge in [0.2, 0.25) is 5.91 Å². The van der Waals surface area contributed by atoms with Gasteiger partial charge in [-0.1, -0.05) is 6.07 Å². The number of rotatable bonds is 6. The zero-order chi connectivity index (χ0) is 15.2. The molecule has 1 aromatic carbocycles. The molecular weight excluding hydrogens is 290 g/mol. The van der Waals surface area contributed by atoms with Crippen molar-refractivity contribution in [2.45, 2.75) is 11.4 Å². The van der Waals surface area contributed by atoms with Crippen LogP contribution >= 0.6 is 11.8 Å². The van der Waals surface area contributed by atoms with Gasteiger partial charge in [0, 0.05) is 11.9 Å². The van der Waals surface area contributed by atoms with Crippen LogP contribution in [0.3, 0.4) is 0 Å². The zero-order valence-corrected chi connectivity index (χ0v) is 12.3. The lowest BCUT2D eigenvalue weighted by molar-refractivity contribution is -0.127. The monoisotopic (exact) mass is 305 g/mol. The highest BCUT2D eigenvalue weighted by Crippen LogP contribution is 2.20. The molecule has 1 heterocycles. The summed E-state index contributed by atoms with van der Waals surface area (Å²) in [5.41, 5.74) is 0.219. The number of hydrogen-bond acceptors (Lipinski definition) is 4. The molecule has 0 aliphatic carbocycles. The van der Waals surface area contributed by atoms with E-state index in [9.17, 15) is 9.59 Å². The van der Waals surface area contributed by atoms with Crippen molar-refractivity contribution in [3.8, 4) is 0 Å². The molecule has 2 aromatic rings. The Hall–Kier alpha value is -2.21. The van der Waals surface area contributed by atoms with E-state index >= 15 is 0 Å². The van der Waals surface area contributed by atoms with Gasteiger partial charge in [0.05, 0.1) is 24.1 Å². The second kappa shape index (κ2) is 6.99. The number of carbonyl (C=O) groups is 2. The minimum absolute atomic E-state index is 0.0443. The van der Waals surface area contributed by atoms with Gasteiger partial charge < -0.3 is 14.4 Å². The highest BCUT2D eigenvalue weighted by atomic mass is 32.2. The SMILES string of the molecule is CN(Cc1ccco1)C(=O)CSc1cccc(C(=O)O)c1. The van der Waals surface area contributed by atoms with Crippen molar-refractivity contribution in [1.82, 2.24) is 4.90 Å². The van der Waals surface area contributed by atoms with Crippen LogP contribution in [0.1, 0.15) is 16.1 Å². The molecule has 0 spiro atoms. The van der Waals surface area contributed by atoms with Gasteiger partial charge in [0.15, 0.2) is 0 Å². The van der Waals surface area contributed by atoms with Crippen LogP contribution in [0.4, 0.5) is 0 Å². The molecule has 0 saturated heterocycles. The number of carboxylic acid groups (broad SMARTS) is 1. The van der Waals surface area contributed by atoms with Crippen LogP contribution in [0.25, 0.3) is 0 Å². The fraction of sp³-hybridized carbons (Fsp3) is 0.200. The molecule has 6 heteroatoms. The predicted octanol–water partition coefficient (Wildman–Crippen LogP) is 2.73. The summed E-state index contributed by atoms with van der Waals surface area (Å²) in [6, 6.07) is 10.1. The Morgan fingerprint density at radius 3 is 2.76 bits per heavy atom. The molecule has 5 nitrogen and oxygen atoms in total. The van der Waals surface area contributed by atoms with E-state index in [1.165, 1.54) is 17.8 Å². The Balaban J connectivity index is 1.88. The molecular formula is C15H15NO4S. The summed E-state index contributed by atoms with van der Waals surface area (Å²) < 4.78 is 5.19. The largest absolute Gasteiger partial charge is 0.478 e. The van der Waals surface area contributed by atoms with E-state index in [4.69, 9.17) is 9.52 Å². The summed E-state index contributed by atoms with van der Waals surface area (Å²) in [6.07, 6.45) is 1.57. The van der Waals surface area contributed by atoms with Crippen LogP contribution in [0.15, 0.2) is 52.0 Å². The number of aromatic carboxylic acids is 1. The number of amides is 1. The number of thioether (sulfide) groups is 1. The maximum atomic E-state index is 12.0. The lowest BCUT2D eigenvalue weighted by Crippen LogP contribution is -2.27. The van der Waals surface area contributed by atoms with Crippen LogP contribution in [-0.4, -0.2) is 34.7 Å². The number of nitrogens with zero attached hydrogens (tertiary/aromatic N) is 1. The summed E-state index contributed by atoms with van der Waals surface area (Å²) in [6.45, 7) is 0.418. The first-order chi connectivity index (χ1) is 10.1. The zero-order valence-electron chi connectivity index (χ0n) is 11.5. The molecule has 1 amide bonds. The quantitative estimate of drug-likeness (QED) is 0.831. The second-order valence-electron chi connectivity index (χ2n) is 4.45. The third-order valence-corrected chi connectivity index (χ3v) is 3.82. The maximum absolute atomic E-state index is 12.0. The van der Waals surface area contributed by atoms with Gasteiger partial charge >= 0.3 is 5.97 Å². The van der Waals surface area contributed by atoms with Crippen molar-refractivity contribution in [2.24, 2.45) is 0 Å². The highest BCUT2D eigenvalue weighted by molar-refractivity contribution is 8.00. The van der Waals surface area contributed by atoms with Crippen molar-refractivity contribution in [1.29, 1.82) is 0 Å². The van der Waals surface area contributed by atoms with Crippen molar-refractivity contribution >= 4 is 23.6 Å². The third-order valence-electron chi connectivity index (χ3n) is 2.84. The van der Waals surface area contributed by atoms with E-state index in [1.807, 2.05) is 6.07 Å². The topological polar surface area (TPSA) is 70.8 Å². The fourth-order valence-electron chi connectivity index (χ4n) is 1.70. The number of carbonyl (C=O) groups excluding carboxylic acids is 1. The molecule has 0 fully saturated rings. The van der Waals surface area contributed by atoms with E-state index in [-0.39, 0.29) is 17.2 Å². The first-order valence-corrected chi connectivity index (χ1v) is 7.27. The highest BCUT2D eigenvalue weighted by Gasteiger charge is 2.12. The third kappa shape index (κ3) is 4.39. The molecule has 0 bridgehead atoms. The molecule has 110 valence electrons. The van der Waals surface area contributed by atoms with E-state index in [2.05, 4.69) is 0 Å². The minimum atomic E-state index is -0.973. The van der Waals surface area contributed by atoms with Gasteiger partial charge in [-0.25, -0.2) is 4.79 Å².